The summed E-state index contributed by atoms with van der Waals surface area (Å²) in [6.07, 6.45) is 2.87. The van der Waals surface area contributed by atoms with E-state index in [1.54, 1.807) is 28.6 Å². The molecule has 0 amide bonds. The molecule has 0 spiro atoms. The quantitative estimate of drug-likeness (QED) is 0.393. The number of thioether (sulfide) groups is 1. The van der Waals surface area contributed by atoms with Crippen molar-refractivity contribution in [2.24, 2.45) is 7.05 Å². The molecule has 1 saturated heterocycles. The number of hydrogen-bond acceptors (Lipinski definition) is 7. The number of aromatic nitrogens is 4. The first-order chi connectivity index (χ1) is 15.5. The van der Waals surface area contributed by atoms with Crippen LogP contribution in [-0.2, 0) is 22.8 Å². The summed E-state index contributed by atoms with van der Waals surface area (Å²) in [6, 6.07) is 14.7. The number of benzene rings is 2. The van der Waals surface area contributed by atoms with Crippen LogP contribution in [0.1, 0.15) is 25.1 Å². The zero-order valence-electron chi connectivity index (χ0n) is 17.6. The fourth-order valence-electron chi connectivity index (χ4n) is 3.88. The highest BCUT2D eigenvalue weighted by atomic mass is 32.2. The first-order valence-corrected chi connectivity index (χ1v) is 12.9. The maximum Gasteiger partial charge on any atom is 0.277 e. The molecule has 0 unspecified atom stereocenters. The van der Waals surface area contributed by atoms with E-state index >= 15 is 0 Å². The number of hydrogen-bond donors (Lipinski definition) is 0. The summed E-state index contributed by atoms with van der Waals surface area (Å²) in [6.45, 7) is 1.13. The Morgan fingerprint density at radius 2 is 1.84 bits per heavy atom. The van der Waals surface area contributed by atoms with E-state index in [4.69, 9.17) is 4.42 Å². The molecule has 0 saturated carbocycles. The molecule has 166 valence electrons. The van der Waals surface area contributed by atoms with Crippen LogP contribution in [0.15, 0.2) is 63.1 Å². The van der Waals surface area contributed by atoms with Crippen LogP contribution < -0.4 is 0 Å². The van der Waals surface area contributed by atoms with Gasteiger partial charge >= 0.3 is 0 Å². The van der Waals surface area contributed by atoms with Gasteiger partial charge in [0.25, 0.3) is 5.22 Å². The Kier molecular flexibility index (Phi) is 5.75. The molecule has 2 aromatic heterocycles. The van der Waals surface area contributed by atoms with Gasteiger partial charge in [0.05, 0.1) is 21.7 Å². The molecule has 3 heterocycles. The van der Waals surface area contributed by atoms with Crippen LogP contribution in [0, 0.1) is 0 Å². The molecule has 32 heavy (non-hydrogen) atoms. The second-order valence-electron chi connectivity index (χ2n) is 7.73. The lowest BCUT2D eigenvalue weighted by Crippen LogP contribution is -2.35. The average molecular weight is 470 g/mol. The molecule has 0 bridgehead atoms. The number of imidazole rings is 1. The molecule has 8 nitrogen and oxygen atoms in total. The van der Waals surface area contributed by atoms with Crippen LogP contribution in [0.3, 0.4) is 0 Å². The smallest absolute Gasteiger partial charge is 0.277 e. The van der Waals surface area contributed by atoms with Crippen LogP contribution in [0.4, 0.5) is 0 Å². The van der Waals surface area contributed by atoms with Crippen LogP contribution >= 0.6 is 11.8 Å². The van der Waals surface area contributed by atoms with Crippen molar-refractivity contribution < 1.29 is 12.8 Å². The lowest BCUT2D eigenvalue weighted by atomic mass is 10.2. The molecular formula is C22H23N5O3S2. The van der Waals surface area contributed by atoms with Crippen molar-refractivity contribution in [1.82, 2.24) is 24.1 Å². The van der Waals surface area contributed by atoms with Crippen LogP contribution in [0.2, 0.25) is 0 Å². The first-order valence-electron chi connectivity index (χ1n) is 10.5. The van der Waals surface area contributed by atoms with E-state index in [0.29, 0.717) is 35.5 Å². The molecule has 0 atom stereocenters. The predicted molar refractivity (Wildman–Crippen MR) is 123 cm³/mol. The van der Waals surface area contributed by atoms with Crippen molar-refractivity contribution in [3.05, 3.63) is 54.4 Å². The fourth-order valence-corrected chi connectivity index (χ4v) is 6.19. The van der Waals surface area contributed by atoms with Crippen molar-refractivity contribution in [3.63, 3.8) is 0 Å². The van der Waals surface area contributed by atoms with Crippen molar-refractivity contribution in [1.29, 1.82) is 0 Å². The van der Waals surface area contributed by atoms with Gasteiger partial charge in [-0.05, 0) is 43.2 Å². The Morgan fingerprint density at radius 3 is 2.66 bits per heavy atom. The number of aryl methyl sites for hydroxylation is 1. The highest BCUT2D eigenvalue weighted by Gasteiger charge is 2.26. The van der Waals surface area contributed by atoms with Gasteiger partial charge in [-0.25, -0.2) is 13.4 Å². The Balaban J connectivity index is 1.33. The molecule has 2 aromatic carbocycles. The number of para-hydroxylation sites is 2. The van der Waals surface area contributed by atoms with Gasteiger partial charge in [0, 0.05) is 25.7 Å². The molecule has 1 aliphatic rings. The van der Waals surface area contributed by atoms with E-state index in [2.05, 4.69) is 19.7 Å². The summed E-state index contributed by atoms with van der Waals surface area (Å²) < 4.78 is 35.4. The molecule has 5 rings (SSSR count). The van der Waals surface area contributed by atoms with Gasteiger partial charge in [-0.1, -0.05) is 36.4 Å². The van der Waals surface area contributed by atoms with Gasteiger partial charge in [0.15, 0.2) is 0 Å². The molecule has 0 aliphatic carbocycles. The first kappa shape index (κ1) is 21.2. The SMILES string of the molecule is Cn1c(CSc2nnc(-c3cccc(S(=O)(=O)N4CCCCC4)c3)o2)nc2ccccc21. The van der Waals surface area contributed by atoms with Crippen molar-refractivity contribution >= 4 is 32.8 Å². The van der Waals surface area contributed by atoms with Crippen molar-refractivity contribution in [2.45, 2.75) is 35.1 Å². The van der Waals surface area contributed by atoms with Crippen molar-refractivity contribution in [2.75, 3.05) is 13.1 Å². The van der Waals surface area contributed by atoms with Gasteiger partial charge in [0.2, 0.25) is 15.9 Å². The fraction of sp³-hybridized carbons (Fsp3) is 0.318. The monoisotopic (exact) mass is 469 g/mol. The minimum atomic E-state index is -3.52. The predicted octanol–water partition coefficient (Wildman–Crippen LogP) is 4.09. The second-order valence-corrected chi connectivity index (χ2v) is 10.6. The third-order valence-corrected chi connectivity index (χ3v) is 8.35. The summed E-state index contributed by atoms with van der Waals surface area (Å²) in [5.74, 6) is 1.79. The molecule has 4 aromatic rings. The number of piperidine rings is 1. The summed E-state index contributed by atoms with van der Waals surface area (Å²) in [4.78, 5) is 4.91. The van der Waals surface area contributed by atoms with E-state index in [1.807, 2.05) is 31.3 Å². The third-order valence-electron chi connectivity index (χ3n) is 5.64. The maximum atomic E-state index is 13.0. The van der Waals surface area contributed by atoms with E-state index < -0.39 is 10.0 Å². The van der Waals surface area contributed by atoms with E-state index in [1.165, 1.54) is 11.8 Å². The minimum absolute atomic E-state index is 0.254. The third kappa shape index (κ3) is 4.05. The Hall–Kier alpha value is -2.69. The van der Waals surface area contributed by atoms with E-state index in [0.717, 1.165) is 36.1 Å². The van der Waals surface area contributed by atoms with Gasteiger partial charge in [0.1, 0.15) is 5.82 Å². The van der Waals surface area contributed by atoms with E-state index in [-0.39, 0.29) is 4.90 Å². The number of fused-ring (bicyclic) bond motifs is 1. The highest BCUT2D eigenvalue weighted by Crippen LogP contribution is 2.29. The molecule has 10 heteroatoms. The van der Waals surface area contributed by atoms with Crippen molar-refractivity contribution in [3.8, 4) is 11.5 Å². The number of sulfonamides is 1. The highest BCUT2D eigenvalue weighted by molar-refractivity contribution is 7.98. The lowest BCUT2D eigenvalue weighted by Gasteiger charge is -2.25. The zero-order valence-corrected chi connectivity index (χ0v) is 19.3. The maximum absolute atomic E-state index is 13.0. The summed E-state index contributed by atoms with van der Waals surface area (Å²) in [7, 11) is -1.54. The van der Waals surface area contributed by atoms with Gasteiger partial charge in [-0.3, -0.25) is 0 Å². The molecule has 1 fully saturated rings. The minimum Gasteiger partial charge on any atom is -0.411 e. The topological polar surface area (TPSA) is 94.1 Å². The Labute approximate surface area is 190 Å². The number of nitrogens with zero attached hydrogens (tertiary/aromatic N) is 5. The van der Waals surface area contributed by atoms with Crippen LogP contribution in [0.25, 0.3) is 22.5 Å². The van der Waals surface area contributed by atoms with Gasteiger partial charge in [-0.2, -0.15) is 4.31 Å². The second kappa shape index (κ2) is 8.68. The normalized spacial score (nSPS) is 15.4. The largest absolute Gasteiger partial charge is 0.411 e. The average Bonchev–Trinajstić information content (AvgIpc) is 3.43. The van der Waals surface area contributed by atoms with E-state index in [9.17, 15) is 8.42 Å². The molecule has 0 N–H and O–H groups in total. The van der Waals surface area contributed by atoms with Crippen LogP contribution in [-0.4, -0.2) is 45.6 Å². The molecular weight excluding hydrogens is 446 g/mol. The number of rotatable bonds is 6. The lowest BCUT2D eigenvalue weighted by molar-refractivity contribution is 0.346. The Morgan fingerprint density at radius 1 is 1.03 bits per heavy atom. The summed E-state index contributed by atoms with van der Waals surface area (Å²) in [5.41, 5.74) is 2.61. The van der Waals surface area contributed by atoms with Gasteiger partial charge < -0.3 is 8.98 Å². The van der Waals surface area contributed by atoms with Crippen LogP contribution in [0.5, 0.6) is 0 Å². The zero-order chi connectivity index (χ0) is 22.1. The summed E-state index contributed by atoms with van der Waals surface area (Å²) >= 11 is 1.40. The molecule has 1 aliphatic heterocycles. The van der Waals surface area contributed by atoms with Gasteiger partial charge in [-0.15, -0.1) is 10.2 Å². The molecule has 0 radical (unpaired) electrons. The standard InChI is InChI=1S/C22H23N5O3S2/c1-26-19-11-4-3-10-18(19)23-20(26)15-31-22-25-24-21(30-22)16-8-7-9-17(14-16)32(28,29)27-12-5-2-6-13-27/h3-4,7-11,14H,2,5-6,12-13,15H2,1H3. The Bertz CT molecular complexity index is 1360. The summed E-state index contributed by atoms with van der Waals surface area (Å²) in [5, 5.41) is 8.66.